The molecule has 0 aromatic heterocycles. The SMILES string of the molecule is CCOc1cc([N+](=O)[O-])c(C(=O)CBr)cc1NCc1ccccc1. The van der Waals surface area contributed by atoms with E-state index in [0.29, 0.717) is 24.6 Å². The van der Waals surface area contributed by atoms with Gasteiger partial charge in [0.2, 0.25) is 0 Å². The van der Waals surface area contributed by atoms with E-state index in [1.54, 1.807) is 6.92 Å². The molecule has 0 aliphatic carbocycles. The average Bonchev–Trinajstić information content (AvgIpc) is 2.60. The van der Waals surface area contributed by atoms with Crippen molar-refractivity contribution in [2.45, 2.75) is 13.5 Å². The van der Waals surface area contributed by atoms with Crippen LogP contribution in [0.5, 0.6) is 5.75 Å². The number of halogens is 1. The van der Waals surface area contributed by atoms with Crippen LogP contribution in [0.4, 0.5) is 11.4 Å². The molecule has 0 atom stereocenters. The highest BCUT2D eigenvalue weighted by Crippen LogP contribution is 2.34. The number of carbonyl (C=O) groups excluding carboxylic acids is 1. The van der Waals surface area contributed by atoms with E-state index in [4.69, 9.17) is 4.74 Å². The molecule has 2 rings (SSSR count). The molecule has 0 bridgehead atoms. The molecule has 0 amide bonds. The van der Waals surface area contributed by atoms with Crippen LogP contribution in [0.15, 0.2) is 42.5 Å². The van der Waals surface area contributed by atoms with Crippen molar-refractivity contribution in [2.75, 3.05) is 17.3 Å². The Hall–Kier alpha value is -2.41. The van der Waals surface area contributed by atoms with Crippen LogP contribution >= 0.6 is 15.9 Å². The van der Waals surface area contributed by atoms with E-state index >= 15 is 0 Å². The number of ketones is 1. The fraction of sp³-hybridized carbons (Fsp3) is 0.235. The van der Waals surface area contributed by atoms with Crippen molar-refractivity contribution < 1.29 is 14.5 Å². The summed E-state index contributed by atoms with van der Waals surface area (Å²) in [4.78, 5) is 22.7. The van der Waals surface area contributed by atoms with Crippen LogP contribution in [-0.4, -0.2) is 22.6 Å². The number of nitro benzene ring substituents is 1. The predicted octanol–water partition coefficient (Wildman–Crippen LogP) is 4.18. The molecule has 2 aromatic carbocycles. The zero-order valence-electron chi connectivity index (χ0n) is 13.1. The van der Waals surface area contributed by atoms with Crippen molar-refractivity contribution in [3.8, 4) is 5.75 Å². The van der Waals surface area contributed by atoms with Gasteiger partial charge in [0.05, 0.1) is 34.2 Å². The maximum absolute atomic E-state index is 12.0. The lowest BCUT2D eigenvalue weighted by molar-refractivity contribution is -0.385. The normalized spacial score (nSPS) is 10.2. The van der Waals surface area contributed by atoms with Gasteiger partial charge in [0, 0.05) is 6.54 Å². The van der Waals surface area contributed by atoms with E-state index in [1.807, 2.05) is 30.3 Å². The second-order valence-corrected chi connectivity index (χ2v) is 5.51. The number of ether oxygens (including phenoxy) is 1. The van der Waals surface area contributed by atoms with Crippen molar-refractivity contribution in [3.63, 3.8) is 0 Å². The third kappa shape index (κ3) is 4.32. The fourth-order valence-electron chi connectivity index (χ4n) is 2.22. The molecule has 24 heavy (non-hydrogen) atoms. The summed E-state index contributed by atoms with van der Waals surface area (Å²) in [6.45, 7) is 2.67. The zero-order valence-corrected chi connectivity index (χ0v) is 14.7. The van der Waals surface area contributed by atoms with Crippen LogP contribution in [0.2, 0.25) is 0 Å². The second-order valence-electron chi connectivity index (χ2n) is 4.95. The Kier molecular flexibility index (Phi) is 6.31. The van der Waals surface area contributed by atoms with Gasteiger partial charge in [-0.05, 0) is 18.6 Å². The van der Waals surface area contributed by atoms with E-state index in [0.717, 1.165) is 5.56 Å². The summed E-state index contributed by atoms with van der Waals surface area (Å²) in [5.74, 6) is -0.00115. The largest absolute Gasteiger partial charge is 0.491 e. The van der Waals surface area contributed by atoms with Crippen LogP contribution in [0.1, 0.15) is 22.8 Å². The number of hydrogen-bond donors (Lipinski definition) is 1. The van der Waals surface area contributed by atoms with E-state index < -0.39 is 4.92 Å². The Morgan fingerprint density at radius 3 is 2.58 bits per heavy atom. The molecule has 2 aromatic rings. The van der Waals surface area contributed by atoms with Gasteiger partial charge < -0.3 is 10.1 Å². The van der Waals surface area contributed by atoms with Crippen molar-refractivity contribution in [1.29, 1.82) is 0 Å². The molecule has 0 saturated heterocycles. The highest BCUT2D eigenvalue weighted by Gasteiger charge is 2.23. The molecule has 0 radical (unpaired) electrons. The van der Waals surface area contributed by atoms with Gasteiger partial charge in [0.25, 0.3) is 5.69 Å². The quantitative estimate of drug-likeness (QED) is 0.315. The first-order valence-electron chi connectivity index (χ1n) is 7.39. The minimum absolute atomic E-state index is 0.0138. The van der Waals surface area contributed by atoms with E-state index in [1.165, 1.54) is 12.1 Å². The Balaban J connectivity index is 2.39. The smallest absolute Gasteiger partial charge is 0.284 e. The van der Waals surface area contributed by atoms with Gasteiger partial charge in [-0.25, -0.2) is 0 Å². The monoisotopic (exact) mass is 392 g/mol. The van der Waals surface area contributed by atoms with Gasteiger partial charge in [-0.1, -0.05) is 46.3 Å². The molecule has 126 valence electrons. The molecule has 0 heterocycles. The number of alkyl halides is 1. The average molecular weight is 393 g/mol. The molecule has 1 N–H and O–H groups in total. The lowest BCUT2D eigenvalue weighted by atomic mass is 10.1. The van der Waals surface area contributed by atoms with Crippen molar-refractivity contribution in [3.05, 3.63) is 63.7 Å². The van der Waals surface area contributed by atoms with Gasteiger partial charge in [-0.15, -0.1) is 0 Å². The molecule has 0 saturated carbocycles. The third-order valence-electron chi connectivity index (χ3n) is 3.34. The molecule has 7 heteroatoms. The minimum Gasteiger partial charge on any atom is -0.491 e. The molecule has 0 fully saturated rings. The first-order valence-corrected chi connectivity index (χ1v) is 8.51. The zero-order chi connectivity index (χ0) is 17.5. The summed E-state index contributed by atoms with van der Waals surface area (Å²) in [6, 6.07) is 12.5. The molecule has 0 aliphatic rings. The topological polar surface area (TPSA) is 81.5 Å². The lowest BCUT2D eigenvalue weighted by Gasteiger charge is -2.14. The first kappa shape index (κ1) is 17.9. The number of nitro groups is 1. The molecule has 6 nitrogen and oxygen atoms in total. The van der Waals surface area contributed by atoms with Gasteiger partial charge in [0.1, 0.15) is 5.75 Å². The highest BCUT2D eigenvalue weighted by molar-refractivity contribution is 9.09. The number of hydrogen-bond acceptors (Lipinski definition) is 5. The highest BCUT2D eigenvalue weighted by atomic mass is 79.9. The Morgan fingerprint density at radius 1 is 1.29 bits per heavy atom. The number of anilines is 1. The molecular weight excluding hydrogens is 376 g/mol. The number of rotatable bonds is 8. The Morgan fingerprint density at radius 2 is 2.00 bits per heavy atom. The number of benzene rings is 2. The summed E-state index contributed by atoms with van der Waals surface area (Å²) in [7, 11) is 0. The van der Waals surface area contributed by atoms with Gasteiger partial charge in [0.15, 0.2) is 5.78 Å². The predicted molar refractivity (Wildman–Crippen MR) is 96.2 cm³/mol. The summed E-state index contributed by atoms with van der Waals surface area (Å²) in [5, 5.41) is 14.4. The maximum Gasteiger partial charge on any atom is 0.284 e. The Labute approximate surface area is 148 Å². The number of nitrogens with one attached hydrogen (secondary N) is 1. The standard InChI is InChI=1S/C17H17BrN2O4/c1-2-24-17-9-15(20(22)23)13(16(21)10-18)8-14(17)19-11-12-6-4-3-5-7-12/h3-9,19H,2,10-11H2,1H3. The Bertz CT molecular complexity index is 735. The lowest BCUT2D eigenvalue weighted by Crippen LogP contribution is -2.09. The number of Topliss-reactive ketones (excluding diaryl/α,β-unsaturated/α-hetero) is 1. The van der Waals surface area contributed by atoms with Crippen molar-refractivity contribution in [1.82, 2.24) is 0 Å². The summed E-state index contributed by atoms with van der Waals surface area (Å²) in [6.07, 6.45) is 0. The van der Waals surface area contributed by atoms with Crippen LogP contribution in [-0.2, 0) is 6.54 Å². The molecule has 0 spiro atoms. The minimum atomic E-state index is -0.570. The van der Waals surface area contributed by atoms with E-state index in [-0.39, 0.29) is 22.4 Å². The fourth-order valence-corrected chi connectivity index (χ4v) is 2.52. The van der Waals surface area contributed by atoms with Crippen LogP contribution in [0, 0.1) is 10.1 Å². The van der Waals surface area contributed by atoms with Gasteiger partial charge in [-0.2, -0.15) is 0 Å². The van der Waals surface area contributed by atoms with Crippen LogP contribution in [0.25, 0.3) is 0 Å². The molecule has 0 unspecified atom stereocenters. The number of carbonyl (C=O) groups is 1. The van der Waals surface area contributed by atoms with Crippen LogP contribution in [0.3, 0.4) is 0 Å². The molecular formula is C17H17BrN2O4. The summed E-state index contributed by atoms with van der Waals surface area (Å²) >= 11 is 3.06. The van der Waals surface area contributed by atoms with E-state index in [2.05, 4.69) is 21.2 Å². The third-order valence-corrected chi connectivity index (χ3v) is 3.85. The molecule has 0 aliphatic heterocycles. The first-order chi connectivity index (χ1) is 11.6. The van der Waals surface area contributed by atoms with Gasteiger partial charge in [-0.3, -0.25) is 14.9 Å². The van der Waals surface area contributed by atoms with Gasteiger partial charge >= 0.3 is 0 Å². The summed E-state index contributed by atoms with van der Waals surface area (Å²) < 4.78 is 5.49. The van der Waals surface area contributed by atoms with E-state index in [9.17, 15) is 14.9 Å². The summed E-state index contributed by atoms with van der Waals surface area (Å²) in [5.41, 5.74) is 1.39. The number of nitrogens with zero attached hydrogens (tertiary/aromatic N) is 1. The maximum atomic E-state index is 12.0. The second kappa shape index (κ2) is 8.44. The van der Waals surface area contributed by atoms with Crippen LogP contribution < -0.4 is 10.1 Å². The van der Waals surface area contributed by atoms with Crippen molar-refractivity contribution in [2.24, 2.45) is 0 Å². The van der Waals surface area contributed by atoms with Crippen molar-refractivity contribution >= 4 is 33.1 Å².